The maximum absolute atomic E-state index is 6.41. The summed E-state index contributed by atoms with van der Waals surface area (Å²) in [4.78, 5) is 4.20. The van der Waals surface area contributed by atoms with E-state index in [1.165, 1.54) is 6.42 Å². The van der Waals surface area contributed by atoms with E-state index in [4.69, 9.17) is 10.5 Å². The van der Waals surface area contributed by atoms with E-state index in [0.717, 1.165) is 42.3 Å². The van der Waals surface area contributed by atoms with Gasteiger partial charge in [-0.3, -0.25) is 4.98 Å². The zero-order chi connectivity index (χ0) is 14.9. The second kappa shape index (κ2) is 5.61. The molecule has 4 nitrogen and oxygen atoms in total. The molecule has 3 N–H and O–H groups in total. The van der Waals surface area contributed by atoms with E-state index >= 15 is 0 Å². The average Bonchev–Trinajstić information content (AvgIpc) is 2.81. The van der Waals surface area contributed by atoms with Crippen molar-refractivity contribution in [3.63, 3.8) is 0 Å². The molecule has 22 heavy (non-hydrogen) atoms. The largest absolute Gasteiger partial charge is 0.489 e. The van der Waals surface area contributed by atoms with Crippen LogP contribution in [0.2, 0.25) is 0 Å². The molecule has 0 spiro atoms. The molecule has 0 radical (unpaired) electrons. The lowest BCUT2D eigenvalue weighted by atomic mass is 10.0. The van der Waals surface area contributed by atoms with E-state index in [-0.39, 0.29) is 0 Å². The summed E-state index contributed by atoms with van der Waals surface area (Å²) in [6.07, 6.45) is 6.27. The van der Waals surface area contributed by atoms with Crippen molar-refractivity contribution < 1.29 is 4.74 Å². The van der Waals surface area contributed by atoms with E-state index in [1.54, 1.807) is 6.20 Å². The van der Waals surface area contributed by atoms with Gasteiger partial charge in [0.05, 0.1) is 5.69 Å². The predicted molar refractivity (Wildman–Crippen MR) is 87.6 cm³/mol. The molecule has 2 bridgehead atoms. The summed E-state index contributed by atoms with van der Waals surface area (Å²) >= 11 is 0. The van der Waals surface area contributed by atoms with Crippen LogP contribution in [0.1, 0.15) is 12.8 Å². The number of nitrogens with zero attached hydrogens (tertiary/aromatic N) is 1. The lowest BCUT2D eigenvalue weighted by molar-refractivity contribution is 0.161. The highest BCUT2D eigenvalue weighted by Crippen LogP contribution is 2.38. The Labute approximate surface area is 130 Å². The fourth-order valence-corrected chi connectivity index (χ4v) is 3.77. The smallest absolute Gasteiger partial charge is 0.127 e. The number of anilines is 1. The van der Waals surface area contributed by atoms with Crippen LogP contribution >= 0.6 is 0 Å². The molecule has 0 unspecified atom stereocenters. The van der Waals surface area contributed by atoms with Crippen LogP contribution in [-0.4, -0.2) is 24.2 Å². The Morgan fingerprint density at radius 3 is 2.91 bits per heavy atom. The van der Waals surface area contributed by atoms with Gasteiger partial charge in [0, 0.05) is 36.0 Å². The SMILES string of the molecule is Nc1cncc(-c2ccccc2O[C@H]2C[C@@H]3CNC[C@H]2C3)c1. The standard InChI is InChI=1S/C18H21N3O/c19-15-7-13(9-21-11-15)16-3-1-2-4-17(16)22-18-6-12-5-14(18)10-20-8-12/h1-4,7,9,11-12,14,18,20H,5-6,8,10,19H2/t12-,14-,18+/m1/s1. The molecule has 2 aromatic rings. The molecule has 1 aromatic carbocycles. The zero-order valence-corrected chi connectivity index (χ0v) is 12.5. The number of hydrogen-bond acceptors (Lipinski definition) is 4. The molecule has 1 aromatic heterocycles. The molecule has 2 aliphatic rings. The number of benzene rings is 1. The monoisotopic (exact) mass is 295 g/mol. The molecular formula is C18H21N3O. The van der Waals surface area contributed by atoms with Gasteiger partial charge in [0.2, 0.25) is 0 Å². The van der Waals surface area contributed by atoms with E-state index in [1.807, 2.05) is 30.5 Å². The molecular weight excluding hydrogens is 274 g/mol. The first kappa shape index (κ1) is 13.6. The number of fused-ring (bicyclic) bond motifs is 2. The summed E-state index contributed by atoms with van der Waals surface area (Å²) in [6, 6.07) is 10.1. The summed E-state index contributed by atoms with van der Waals surface area (Å²) in [5.41, 5.74) is 8.62. The van der Waals surface area contributed by atoms with Crippen molar-refractivity contribution in [1.29, 1.82) is 0 Å². The predicted octanol–water partition coefficient (Wildman–Crippen LogP) is 2.71. The Balaban J connectivity index is 1.62. The number of nitrogen functional groups attached to an aromatic ring is 1. The highest BCUT2D eigenvalue weighted by molar-refractivity contribution is 5.71. The van der Waals surface area contributed by atoms with Gasteiger partial charge in [-0.15, -0.1) is 0 Å². The van der Waals surface area contributed by atoms with Crippen LogP contribution in [0.4, 0.5) is 5.69 Å². The van der Waals surface area contributed by atoms with Crippen molar-refractivity contribution in [2.24, 2.45) is 11.8 Å². The molecule has 0 amide bonds. The van der Waals surface area contributed by atoms with Gasteiger partial charge in [-0.05, 0) is 37.4 Å². The van der Waals surface area contributed by atoms with Crippen molar-refractivity contribution in [2.45, 2.75) is 18.9 Å². The van der Waals surface area contributed by atoms with Gasteiger partial charge in [-0.2, -0.15) is 0 Å². The van der Waals surface area contributed by atoms with E-state index in [2.05, 4.69) is 16.4 Å². The Morgan fingerprint density at radius 2 is 2.05 bits per heavy atom. The number of piperidine rings is 1. The second-order valence-electron chi connectivity index (χ2n) is 6.42. The minimum absolute atomic E-state index is 0.315. The van der Waals surface area contributed by atoms with Gasteiger partial charge < -0.3 is 15.8 Å². The van der Waals surface area contributed by atoms with Crippen LogP contribution in [0, 0.1) is 11.8 Å². The number of nitrogens with one attached hydrogen (secondary N) is 1. The number of nitrogens with two attached hydrogens (primary N) is 1. The molecule has 2 fully saturated rings. The fraction of sp³-hybridized carbons (Fsp3) is 0.389. The third-order valence-corrected chi connectivity index (χ3v) is 4.80. The Kier molecular flexibility index (Phi) is 3.47. The molecule has 1 saturated heterocycles. The van der Waals surface area contributed by atoms with Crippen molar-refractivity contribution in [3.05, 3.63) is 42.7 Å². The van der Waals surface area contributed by atoms with E-state index in [0.29, 0.717) is 17.7 Å². The van der Waals surface area contributed by atoms with Gasteiger partial charge in [0.25, 0.3) is 0 Å². The maximum Gasteiger partial charge on any atom is 0.127 e. The Hall–Kier alpha value is -2.07. The number of para-hydroxylation sites is 1. The quantitative estimate of drug-likeness (QED) is 0.914. The summed E-state index contributed by atoms with van der Waals surface area (Å²) in [6.45, 7) is 2.21. The lowest BCUT2D eigenvalue weighted by Crippen LogP contribution is -2.34. The van der Waals surface area contributed by atoms with Gasteiger partial charge >= 0.3 is 0 Å². The number of ether oxygens (including phenoxy) is 1. The van der Waals surface area contributed by atoms with Crippen LogP contribution in [0.5, 0.6) is 5.75 Å². The van der Waals surface area contributed by atoms with Crippen molar-refractivity contribution >= 4 is 5.69 Å². The van der Waals surface area contributed by atoms with E-state index < -0.39 is 0 Å². The molecule has 2 heterocycles. The van der Waals surface area contributed by atoms with Crippen LogP contribution < -0.4 is 15.8 Å². The summed E-state index contributed by atoms with van der Waals surface area (Å²) < 4.78 is 6.41. The van der Waals surface area contributed by atoms with Crippen molar-refractivity contribution in [2.75, 3.05) is 18.8 Å². The Morgan fingerprint density at radius 1 is 1.14 bits per heavy atom. The average molecular weight is 295 g/mol. The lowest BCUT2D eigenvalue weighted by Gasteiger charge is -2.23. The maximum atomic E-state index is 6.41. The summed E-state index contributed by atoms with van der Waals surface area (Å²) in [5, 5.41) is 3.51. The van der Waals surface area contributed by atoms with Crippen LogP contribution in [0.15, 0.2) is 42.7 Å². The molecule has 4 heteroatoms. The normalized spacial score (nSPS) is 26.8. The summed E-state index contributed by atoms with van der Waals surface area (Å²) in [7, 11) is 0. The number of aromatic nitrogens is 1. The second-order valence-corrected chi connectivity index (χ2v) is 6.42. The van der Waals surface area contributed by atoms with E-state index in [9.17, 15) is 0 Å². The van der Waals surface area contributed by atoms with Crippen LogP contribution in [0.3, 0.4) is 0 Å². The van der Waals surface area contributed by atoms with Gasteiger partial charge in [0.15, 0.2) is 0 Å². The third kappa shape index (κ3) is 2.55. The minimum Gasteiger partial charge on any atom is -0.489 e. The first-order chi connectivity index (χ1) is 10.8. The number of hydrogen-bond donors (Lipinski definition) is 2. The topological polar surface area (TPSA) is 60.2 Å². The fourth-order valence-electron chi connectivity index (χ4n) is 3.77. The van der Waals surface area contributed by atoms with Crippen molar-refractivity contribution in [3.8, 4) is 16.9 Å². The first-order valence-electron chi connectivity index (χ1n) is 7.97. The number of rotatable bonds is 3. The number of pyridine rings is 1. The molecule has 4 rings (SSSR count). The molecule has 1 aliphatic carbocycles. The molecule has 114 valence electrons. The minimum atomic E-state index is 0.315. The summed E-state index contributed by atoms with van der Waals surface area (Å²) in [5.74, 6) is 2.34. The zero-order valence-electron chi connectivity index (χ0n) is 12.5. The highest BCUT2D eigenvalue weighted by atomic mass is 16.5. The van der Waals surface area contributed by atoms with Crippen LogP contribution in [0.25, 0.3) is 11.1 Å². The van der Waals surface area contributed by atoms with Crippen molar-refractivity contribution in [1.82, 2.24) is 10.3 Å². The van der Waals surface area contributed by atoms with Gasteiger partial charge in [-0.25, -0.2) is 0 Å². The highest BCUT2D eigenvalue weighted by Gasteiger charge is 2.38. The Bertz CT molecular complexity index is 673. The molecule has 1 saturated carbocycles. The van der Waals surface area contributed by atoms with Gasteiger partial charge in [-0.1, -0.05) is 18.2 Å². The van der Waals surface area contributed by atoms with Crippen LogP contribution in [-0.2, 0) is 0 Å². The third-order valence-electron chi connectivity index (χ3n) is 4.80. The molecule has 3 atom stereocenters. The molecule has 1 aliphatic heterocycles. The van der Waals surface area contributed by atoms with Gasteiger partial charge in [0.1, 0.15) is 11.9 Å². The first-order valence-corrected chi connectivity index (χ1v) is 7.97.